The van der Waals surface area contributed by atoms with Gasteiger partial charge in [-0.1, -0.05) is 13.8 Å². The number of anilines is 2. The quantitative estimate of drug-likeness (QED) is 0.801. The van der Waals surface area contributed by atoms with E-state index in [1.165, 1.54) is 6.20 Å². The second kappa shape index (κ2) is 4.91. The van der Waals surface area contributed by atoms with Crippen LogP contribution in [0.1, 0.15) is 26.3 Å². The number of aromatic nitrogens is 2. The van der Waals surface area contributed by atoms with E-state index in [1.54, 1.807) is 0 Å². The summed E-state index contributed by atoms with van der Waals surface area (Å²) in [5, 5.41) is 3.11. The molecule has 0 aliphatic heterocycles. The Kier molecular flexibility index (Phi) is 3.82. The van der Waals surface area contributed by atoms with E-state index in [0.717, 1.165) is 0 Å². The summed E-state index contributed by atoms with van der Waals surface area (Å²) in [6.07, 6.45) is 1.41. The van der Waals surface area contributed by atoms with Gasteiger partial charge in [0, 0.05) is 17.8 Å². The van der Waals surface area contributed by atoms with Crippen LogP contribution < -0.4 is 11.1 Å². The maximum atomic E-state index is 12.3. The van der Waals surface area contributed by atoms with Gasteiger partial charge in [0.15, 0.2) is 0 Å². The van der Waals surface area contributed by atoms with Crippen molar-refractivity contribution in [2.45, 2.75) is 33.5 Å². The number of halogens is 1. The second-order valence-electron chi connectivity index (χ2n) is 3.91. The molecule has 0 bridgehead atoms. The summed E-state index contributed by atoms with van der Waals surface area (Å²) in [6.45, 7) is 5.59. The van der Waals surface area contributed by atoms with E-state index in [9.17, 15) is 4.39 Å². The van der Waals surface area contributed by atoms with Crippen molar-refractivity contribution in [2.24, 2.45) is 5.92 Å². The molecule has 0 unspecified atom stereocenters. The van der Waals surface area contributed by atoms with E-state index in [4.69, 9.17) is 5.73 Å². The Balaban J connectivity index is 2.75. The molecule has 1 aromatic heterocycles. The molecule has 1 rings (SSSR count). The zero-order chi connectivity index (χ0) is 11.4. The number of nitrogen functional groups attached to an aromatic ring is 1. The number of hydrogen-bond acceptors (Lipinski definition) is 4. The summed E-state index contributed by atoms with van der Waals surface area (Å²) in [7, 11) is 0. The lowest BCUT2D eigenvalue weighted by molar-refractivity contribution is 0.484. The molecule has 0 aliphatic carbocycles. The SMILES string of the molecule is CC(C)[C@@H](C)Nc1ncc(CF)c(N)n1. The maximum Gasteiger partial charge on any atom is 0.224 e. The molecule has 0 saturated heterocycles. The minimum atomic E-state index is -0.633. The fourth-order valence-corrected chi connectivity index (χ4v) is 0.963. The van der Waals surface area contributed by atoms with Gasteiger partial charge in [0.2, 0.25) is 5.95 Å². The molecule has 0 radical (unpaired) electrons. The molecule has 5 heteroatoms. The molecular formula is C10H17FN4. The van der Waals surface area contributed by atoms with Crippen molar-refractivity contribution in [1.29, 1.82) is 0 Å². The summed E-state index contributed by atoms with van der Waals surface area (Å²) < 4.78 is 12.3. The predicted molar refractivity (Wildman–Crippen MR) is 59.2 cm³/mol. The zero-order valence-electron chi connectivity index (χ0n) is 9.29. The third-order valence-corrected chi connectivity index (χ3v) is 2.40. The van der Waals surface area contributed by atoms with Gasteiger partial charge in [-0.2, -0.15) is 4.98 Å². The minimum Gasteiger partial charge on any atom is -0.383 e. The topological polar surface area (TPSA) is 63.8 Å². The number of hydrogen-bond donors (Lipinski definition) is 2. The molecule has 0 amide bonds. The molecule has 15 heavy (non-hydrogen) atoms. The number of rotatable bonds is 4. The fraction of sp³-hybridized carbons (Fsp3) is 0.600. The summed E-state index contributed by atoms with van der Waals surface area (Å²) >= 11 is 0. The summed E-state index contributed by atoms with van der Waals surface area (Å²) in [6, 6.07) is 0.251. The van der Waals surface area contributed by atoms with Gasteiger partial charge in [-0.15, -0.1) is 0 Å². The Hall–Kier alpha value is -1.39. The first-order chi connectivity index (χ1) is 7.04. The number of nitrogens with zero attached hydrogens (tertiary/aromatic N) is 2. The van der Waals surface area contributed by atoms with Crippen molar-refractivity contribution in [3.05, 3.63) is 11.8 Å². The minimum absolute atomic E-state index is 0.200. The van der Waals surface area contributed by atoms with Crippen LogP contribution in [0.3, 0.4) is 0 Å². The highest BCUT2D eigenvalue weighted by molar-refractivity contribution is 5.42. The summed E-state index contributed by atoms with van der Waals surface area (Å²) in [5.41, 5.74) is 5.88. The first-order valence-electron chi connectivity index (χ1n) is 4.98. The number of alkyl halides is 1. The Morgan fingerprint density at radius 3 is 2.60 bits per heavy atom. The maximum absolute atomic E-state index is 12.3. The van der Waals surface area contributed by atoms with Gasteiger partial charge in [-0.3, -0.25) is 0 Å². The predicted octanol–water partition coefficient (Wildman–Crippen LogP) is 1.98. The van der Waals surface area contributed by atoms with Crippen LogP contribution in [0, 0.1) is 5.92 Å². The lowest BCUT2D eigenvalue weighted by Crippen LogP contribution is -2.23. The first-order valence-corrected chi connectivity index (χ1v) is 4.98. The average molecular weight is 212 g/mol. The molecular weight excluding hydrogens is 195 g/mol. The van der Waals surface area contributed by atoms with Gasteiger partial charge in [-0.25, -0.2) is 9.37 Å². The molecule has 1 aromatic rings. The standard InChI is InChI=1S/C10H17FN4/c1-6(2)7(3)14-10-13-5-8(4-11)9(12)15-10/h5-7H,4H2,1-3H3,(H3,12,13,14,15)/t7-/m1/s1. The highest BCUT2D eigenvalue weighted by atomic mass is 19.1. The van der Waals surface area contributed by atoms with Gasteiger partial charge in [0.1, 0.15) is 12.5 Å². The van der Waals surface area contributed by atoms with Gasteiger partial charge >= 0.3 is 0 Å². The third kappa shape index (κ3) is 3.04. The molecule has 0 fully saturated rings. The van der Waals surface area contributed by atoms with E-state index in [0.29, 0.717) is 17.4 Å². The summed E-state index contributed by atoms with van der Waals surface area (Å²) in [5.74, 6) is 1.12. The van der Waals surface area contributed by atoms with Crippen molar-refractivity contribution >= 4 is 11.8 Å². The Morgan fingerprint density at radius 1 is 1.47 bits per heavy atom. The van der Waals surface area contributed by atoms with Crippen LogP contribution in [0.25, 0.3) is 0 Å². The summed E-state index contributed by atoms with van der Waals surface area (Å²) in [4.78, 5) is 7.97. The van der Waals surface area contributed by atoms with Crippen molar-refractivity contribution in [3.63, 3.8) is 0 Å². The molecule has 3 N–H and O–H groups in total. The molecule has 0 aromatic carbocycles. The molecule has 0 spiro atoms. The molecule has 1 heterocycles. The molecule has 1 atom stereocenters. The molecule has 0 aliphatic rings. The molecule has 0 saturated carbocycles. The van der Waals surface area contributed by atoms with Crippen LogP contribution in [0.15, 0.2) is 6.20 Å². The monoisotopic (exact) mass is 212 g/mol. The van der Waals surface area contributed by atoms with Gasteiger partial charge < -0.3 is 11.1 Å². The van der Waals surface area contributed by atoms with Gasteiger partial charge in [0.25, 0.3) is 0 Å². The van der Waals surface area contributed by atoms with E-state index in [1.807, 2.05) is 6.92 Å². The Bertz CT molecular complexity index is 327. The van der Waals surface area contributed by atoms with Crippen LogP contribution in [-0.2, 0) is 6.67 Å². The van der Waals surface area contributed by atoms with E-state index in [-0.39, 0.29) is 11.9 Å². The highest BCUT2D eigenvalue weighted by Gasteiger charge is 2.09. The van der Waals surface area contributed by atoms with E-state index >= 15 is 0 Å². The number of nitrogens with one attached hydrogen (secondary N) is 1. The Morgan fingerprint density at radius 2 is 2.13 bits per heavy atom. The molecule has 84 valence electrons. The van der Waals surface area contributed by atoms with Crippen LogP contribution in [-0.4, -0.2) is 16.0 Å². The van der Waals surface area contributed by atoms with Crippen LogP contribution in [0.2, 0.25) is 0 Å². The average Bonchev–Trinajstić information content (AvgIpc) is 2.18. The van der Waals surface area contributed by atoms with Crippen molar-refractivity contribution in [1.82, 2.24) is 9.97 Å². The lowest BCUT2D eigenvalue weighted by atomic mass is 10.1. The second-order valence-corrected chi connectivity index (χ2v) is 3.91. The fourth-order valence-electron chi connectivity index (χ4n) is 0.963. The van der Waals surface area contributed by atoms with Crippen molar-refractivity contribution in [3.8, 4) is 0 Å². The normalized spacial score (nSPS) is 12.9. The zero-order valence-corrected chi connectivity index (χ0v) is 9.29. The highest BCUT2D eigenvalue weighted by Crippen LogP contribution is 2.13. The van der Waals surface area contributed by atoms with Gasteiger partial charge in [0.05, 0.1) is 0 Å². The van der Waals surface area contributed by atoms with Crippen molar-refractivity contribution < 1.29 is 4.39 Å². The van der Waals surface area contributed by atoms with Gasteiger partial charge in [-0.05, 0) is 12.8 Å². The molecule has 4 nitrogen and oxygen atoms in total. The largest absolute Gasteiger partial charge is 0.383 e. The smallest absolute Gasteiger partial charge is 0.224 e. The van der Waals surface area contributed by atoms with E-state index < -0.39 is 6.67 Å². The Labute approximate surface area is 89.1 Å². The van der Waals surface area contributed by atoms with Crippen LogP contribution in [0.5, 0.6) is 0 Å². The van der Waals surface area contributed by atoms with Crippen LogP contribution >= 0.6 is 0 Å². The van der Waals surface area contributed by atoms with Crippen LogP contribution in [0.4, 0.5) is 16.2 Å². The lowest BCUT2D eigenvalue weighted by Gasteiger charge is -2.17. The number of nitrogens with two attached hydrogens (primary N) is 1. The van der Waals surface area contributed by atoms with Crippen molar-refractivity contribution in [2.75, 3.05) is 11.1 Å². The first kappa shape index (κ1) is 11.7. The third-order valence-electron chi connectivity index (χ3n) is 2.40. The van der Waals surface area contributed by atoms with E-state index in [2.05, 4.69) is 29.1 Å².